The highest BCUT2D eigenvalue weighted by Gasteiger charge is 2.35. The second kappa shape index (κ2) is 3.59. The van der Waals surface area contributed by atoms with Crippen LogP contribution in [0.25, 0.3) is 0 Å². The van der Waals surface area contributed by atoms with Gasteiger partial charge in [-0.2, -0.15) is 0 Å². The summed E-state index contributed by atoms with van der Waals surface area (Å²) < 4.78 is 0. The standard InChI is InChI=1S/C13H15NO2/c15-12-11-6-2-1-5-10(11)9-4-3-7-14(8-9)13(12)16/h1-2,5-6,9,12,15H,3-4,7-8H2. The number of carbonyl (C=O) groups is 1. The van der Waals surface area contributed by atoms with E-state index in [2.05, 4.69) is 0 Å². The van der Waals surface area contributed by atoms with Gasteiger partial charge in [0, 0.05) is 19.0 Å². The van der Waals surface area contributed by atoms with Crippen molar-refractivity contribution in [2.75, 3.05) is 13.1 Å². The van der Waals surface area contributed by atoms with E-state index >= 15 is 0 Å². The van der Waals surface area contributed by atoms with Crippen molar-refractivity contribution in [2.24, 2.45) is 0 Å². The van der Waals surface area contributed by atoms with Gasteiger partial charge in [-0.1, -0.05) is 24.3 Å². The number of aliphatic hydroxyl groups excluding tert-OH is 1. The summed E-state index contributed by atoms with van der Waals surface area (Å²) in [6, 6.07) is 7.80. The van der Waals surface area contributed by atoms with Gasteiger partial charge in [-0.05, 0) is 24.0 Å². The normalized spacial score (nSPS) is 28.6. The van der Waals surface area contributed by atoms with Crippen LogP contribution >= 0.6 is 0 Å². The Balaban J connectivity index is 2.13. The Bertz CT molecular complexity index is 430. The highest BCUT2D eigenvalue weighted by atomic mass is 16.3. The maximum absolute atomic E-state index is 12.0. The second-order valence-electron chi connectivity index (χ2n) is 4.65. The maximum Gasteiger partial charge on any atom is 0.256 e. The van der Waals surface area contributed by atoms with E-state index in [0.717, 1.165) is 37.1 Å². The predicted molar refractivity (Wildman–Crippen MR) is 60.0 cm³/mol. The van der Waals surface area contributed by atoms with E-state index in [1.165, 1.54) is 0 Å². The fourth-order valence-electron chi connectivity index (χ4n) is 2.87. The first kappa shape index (κ1) is 9.85. The number of aliphatic hydroxyl groups is 1. The Morgan fingerprint density at radius 1 is 1.25 bits per heavy atom. The van der Waals surface area contributed by atoms with E-state index in [1.807, 2.05) is 24.3 Å². The van der Waals surface area contributed by atoms with Crippen LogP contribution in [0.2, 0.25) is 0 Å². The van der Waals surface area contributed by atoms with Gasteiger partial charge in [0.15, 0.2) is 6.10 Å². The molecular weight excluding hydrogens is 202 g/mol. The van der Waals surface area contributed by atoms with Crippen molar-refractivity contribution < 1.29 is 9.90 Å². The smallest absolute Gasteiger partial charge is 0.256 e. The van der Waals surface area contributed by atoms with Crippen molar-refractivity contribution in [3.8, 4) is 0 Å². The first-order valence-corrected chi connectivity index (χ1v) is 5.83. The minimum atomic E-state index is -0.959. The zero-order chi connectivity index (χ0) is 11.1. The molecule has 3 nitrogen and oxygen atoms in total. The Kier molecular flexibility index (Phi) is 2.21. The minimum absolute atomic E-state index is 0.130. The van der Waals surface area contributed by atoms with Gasteiger partial charge in [-0.25, -0.2) is 0 Å². The lowest BCUT2D eigenvalue weighted by Gasteiger charge is -2.30. The third-order valence-electron chi connectivity index (χ3n) is 3.70. The molecule has 0 saturated carbocycles. The quantitative estimate of drug-likeness (QED) is 0.714. The molecule has 0 aliphatic carbocycles. The first-order chi connectivity index (χ1) is 7.77. The SMILES string of the molecule is O=C1C(O)c2ccccc2C2CCCN1C2. The van der Waals surface area contributed by atoms with Gasteiger partial charge in [0.1, 0.15) is 0 Å². The molecule has 1 amide bonds. The highest BCUT2D eigenvalue weighted by Crippen LogP contribution is 2.36. The molecule has 2 aliphatic heterocycles. The number of hydrogen-bond donors (Lipinski definition) is 1. The molecule has 3 heteroatoms. The minimum Gasteiger partial charge on any atom is -0.378 e. The van der Waals surface area contributed by atoms with Crippen LogP contribution in [0, 0.1) is 0 Å². The average Bonchev–Trinajstić information content (AvgIpc) is 2.42. The number of benzene rings is 1. The molecule has 1 aromatic carbocycles. The van der Waals surface area contributed by atoms with Crippen molar-refractivity contribution in [1.29, 1.82) is 0 Å². The molecule has 3 rings (SSSR count). The van der Waals surface area contributed by atoms with E-state index in [1.54, 1.807) is 4.90 Å². The van der Waals surface area contributed by atoms with Crippen LogP contribution in [-0.2, 0) is 4.79 Å². The molecule has 1 N–H and O–H groups in total. The van der Waals surface area contributed by atoms with E-state index in [0.29, 0.717) is 5.92 Å². The number of hydrogen-bond acceptors (Lipinski definition) is 2. The lowest BCUT2D eigenvalue weighted by Crippen LogP contribution is -2.39. The van der Waals surface area contributed by atoms with E-state index in [4.69, 9.17) is 0 Å². The lowest BCUT2D eigenvalue weighted by atomic mass is 9.88. The zero-order valence-corrected chi connectivity index (χ0v) is 9.10. The lowest BCUT2D eigenvalue weighted by molar-refractivity contribution is -0.141. The molecule has 1 fully saturated rings. The molecular formula is C13H15NO2. The summed E-state index contributed by atoms with van der Waals surface area (Å²) in [7, 11) is 0. The largest absolute Gasteiger partial charge is 0.378 e. The Labute approximate surface area is 94.7 Å². The monoisotopic (exact) mass is 217 g/mol. The third kappa shape index (κ3) is 1.35. The summed E-state index contributed by atoms with van der Waals surface area (Å²) >= 11 is 0. The molecule has 2 unspecified atom stereocenters. The van der Waals surface area contributed by atoms with Crippen LogP contribution in [0.1, 0.15) is 36.0 Å². The van der Waals surface area contributed by atoms with Crippen molar-refractivity contribution in [2.45, 2.75) is 24.9 Å². The first-order valence-electron chi connectivity index (χ1n) is 5.83. The molecule has 2 heterocycles. The Hall–Kier alpha value is -1.35. The molecule has 1 aromatic rings. The van der Waals surface area contributed by atoms with E-state index in [-0.39, 0.29) is 5.91 Å². The second-order valence-corrected chi connectivity index (χ2v) is 4.65. The predicted octanol–water partition coefficient (Wildman–Crippen LogP) is 1.44. The van der Waals surface area contributed by atoms with Crippen LogP contribution in [0.4, 0.5) is 0 Å². The number of piperidine rings is 1. The molecule has 2 bridgehead atoms. The molecule has 0 radical (unpaired) electrons. The molecule has 0 aromatic heterocycles. The average molecular weight is 217 g/mol. The fraction of sp³-hybridized carbons (Fsp3) is 0.462. The van der Waals surface area contributed by atoms with Crippen LogP contribution < -0.4 is 0 Å². The van der Waals surface area contributed by atoms with Gasteiger partial charge in [-0.3, -0.25) is 4.79 Å². The maximum atomic E-state index is 12.0. The van der Waals surface area contributed by atoms with E-state index < -0.39 is 6.10 Å². The number of nitrogens with zero attached hydrogens (tertiary/aromatic N) is 1. The number of fused-ring (bicyclic) bond motifs is 4. The van der Waals surface area contributed by atoms with Crippen LogP contribution in [0.3, 0.4) is 0 Å². The van der Waals surface area contributed by atoms with Gasteiger partial charge < -0.3 is 10.0 Å². The third-order valence-corrected chi connectivity index (χ3v) is 3.70. The summed E-state index contributed by atoms with van der Waals surface area (Å²) in [4.78, 5) is 13.8. The number of rotatable bonds is 0. The van der Waals surface area contributed by atoms with Gasteiger partial charge in [0.2, 0.25) is 0 Å². The summed E-state index contributed by atoms with van der Waals surface area (Å²) in [5.41, 5.74) is 1.97. The van der Waals surface area contributed by atoms with Crippen LogP contribution in [-0.4, -0.2) is 29.0 Å². The summed E-state index contributed by atoms with van der Waals surface area (Å²) in [6.07, 6.45) is 1.20. The fourth-order valence-corrected chi connectivity index (χ4v) is 2.87. The van der Waals surface area contributed by atoms with Crippen molar-refractivity contribution in [1.82, 2.24) is 4.90 Å². The highest BCUT2D eigenvalue weighted by molar-refractivity contribution is 5.83. The Morgan fingerprint density at radius 2 is 2.00 bits per heavy atom. The van der Waals surface area contributed by atoms with E-state index in [9.17, 15) is 9.90 Å². The Morgan fingerprint density at radius 3 is 2.81 bits per heavy atom. The summed E-state index contributed by atoms with van der Waals surface area (Å²) in [6.45, 7) is 1.56. The van der Waals surface area contributed by atoms with Gasteiger partial charge >= 0.3 is 0 Å². The topological polar surface area (TPSA) is 40.5 Å². The summed E-state index contributed by atoms with van der Waals surface area (Å²) in [5, 5.41) is 10.1. The molecule has 2 atom stereocenters. The van der Waals surface area contributed by atoms with Crippen molar-refractivity contribution in [3.63, 3.8) is 0 Å². The van der Waals surface area contributed by atoms with Crippen LogP contribution in [0.5, 0.6) is 0 Å². The van der Waals surface area contributed by atoms with Gasteiger partial charge in [-0.15, -0.1) is 0 Å². The van der Waals surface area contributed by atoms with Crippen LogP contribution in [0.15, 0.2) is 24.3 Å². The van der Waals surface area contributed by atoms with Gasteiger partial charge in [0.25, 0.3) is 5.91 Å². The number of amides is 1. The van der Waals surface area contributed by atoms with Gasteiger partial charge in [0.05, 0.1) is 0 Å². The molecule has 16 heavy (non-hydrogen) atoms. The zero-order valence-electron chi connectivity index (χ0n) is 9.10. The number of carbonyl (C=O) groups excluding carboxylic acids is 1. The molecule has 84 valence electrons. The molecule has 0 spiro atoms. The van der Waals surface area contributed by atoms with Crippen molar-refractivity contribution in [3.05, 3.63) is 35.4 Å². The molecule has 2 aliphatic rings. The summed E-state index contributed by atoms with van der Waals surface area (Å²) in [5.74, 6) is 0.278. The molecule has 1 saturated heterocycles. The van der Waals surface area contributed by atoms with Crippen molar-refractivity contribution >= 4 is 5.91 Å².